The fourth-order valence-electron chi connectivity index (χ4n) is 1.46. The average molecular weight is 342 g/mol. The summed E-state index contributed by atoms with van der Waals surface area (Å²) in [6.45, 7) is 0. The van der Waals surface area contributed by atoms with E-state index in [2.05, 4.69) is 30.7 Å². The van der Waals surface area contributed by atoms with E-state index < -0.39 is 5.97 Å². The van der Waals surface area contributed by atoms with E-state index in [1.54, 1.807) is 12.1 Å². The average Bonchev–Trinajstić information content (AvgIpc) is 2.45. The highest BCUT2D eigenvalue weighted by molar-refractivity contribution is 9.10. The molecular formula is C12H12BrN3O4. The van der Waals surface area contributed by atoms with E-state index in [1.165, 1.54) is 27.4 Å². The Morgan fingerprint density at radius 2 is 2.05 bits per heavy atom. The van der Waals surface area contributed by atoms with E-state index in [-0.39, 0.29) is 5.70 Å². The summed E-state index contributed by atoms with van der Waals surface area (Å²) in [7, 11) is 4.19. The van der Waals surface area contributed by atoms with Crippen LogP contribution in [0.15, 0.2) is 27.4 Å². The molecule has 0 spiro atoms. The first-order valence-corrected chi connectivity index (χ1v) is 6.13. The number of azide groups is 1. The third-order valence-electron chi connectivity index (χ3n) is 2.32. The van der Waals surface area contributed by atoms with Crippen molar-refractivity contribution in [1.29, 1.82) is 0 Å². The van der Waals surface area contributed by atoms with Crippen LogP contribution in [-0.4, -0.2) is 27.3 Å². The molecule has 0 aliphatic heterocycles. The maximum absolute atomic E-state index is 11.5. The second-order valence-electron chi connectivity index (χ2n) is 3.44. The molecule has 0 atom stereocenters. The first-order valence-electron chi connectivity index (χ1n) is 5.34. The van der Waals surface area contributed by atoms with Crippen LogP contribution in [-0.2, 0) is 9.53 Å². The quantitative estimate of drug-likeness (QED) is 0.270. The van der Waals surface area contributed by atoms with Gasteiger partial charge in [-0.05, 0) is 39.7 Å². The smallest absolute Gasteiger partial charge is 0.340 e. The lowest BCUT2D eigenvalue weighted by molar-refractivity contribution is -0.136. The largest absolute Gasteiger partial charge is 0.497 e. The van der Waals surface area contributed by atoms with Crippen LogP contribution in [0.25, 0.3) is 16.5 Å². The topological polar surface area (TPSA) is 93.5 Å². The van der Waals surface area contributed by atoms with Gasteiger partial charge >= 0.3 is 5.97 Å². The van der Waals surface area contributed by atoms with Gasteiger partial charge in [0.25, 0.3) is 0 Å². The Kier molecular flexibility index (Phi) is 5.89. The fraction of sp³-hybridized carbons (Fsp3) is 0.250. The standard InChI is InChI=1S/C12H12BrN3O4/c1-18-8-4-7(11(19-2)9(13)6-8)5-10(15-16-14)12(17)20-3/h4-6H,1-3H3/b10-5-. The molecule has 0 unspecified atom stereocenters. The third-order valence-corrected chi connectivity index (χ3v) is 2.91. The third kappa shape index (κ3) is 3.66. The van der Waals surface area contributed by atoms with Crippen molar-refractivity contribution in [3.8, 4) is 11.5 Å². The summed E-state index contributed by atoms with van der Waals surface area (Å²) in [5.74, 6) is 0.276. The predicted molar refractivity (Wildman–Crippen MR) is 76.4 cm³/mol. The van der Waals surface area contributed by atoms with Crippen molar-refractivity contribution in [1.82, 2.24) is 0 Å². The number of nitrogens with zero attached hydrogens (tertiary/aromatic N) is 3. The van der Waals surface area contributed by atoms with Crippen molar-refractivity contribution in [2.75, 3.05) is 21.3 Å². The summed E-state index contributed by atoms with van der Waals surface area (Å²) in [6.07, 6.45) is 1.36. The number of rotatable bonds is 5. The van der Waals surface area contributed by atoms with Crippen LogP contribution in [0, 0.1) is 0 Å². The molecule has 0 heterocycles. The lowest BCUT2D eigenvalue weighted by Crippen LogP contribution is -2.02. The maximum Gasteiger partial charge on any atom is 0.340 e. The van der Waals surface area contributed by atoms with Crippen molar-refractivity contribution >= 4 is 28.0 Å². The highest BCUT2D eigenvalue weighted by atomic mass is 79.9. The van der Waals surface area contributed by atoms with Crippen molar-refractivity contribution in [3.05, 3.63) is 38.3 Å². The summed E-state index contributed by atoms with van der Waals surface area (Å²) >= 11 is 3.33. The Bertz CT molecular complexity index is 595. The molecule has 7 nitrogen and oxygen atoms in total. The molecule has 0 saturated carbocycles. The molecule has 0 aliphatic carbocycles. The van der Waals surface area contributed by atoms with Gasteiger partial charge in [0.1, 0.15) is 17.2 Å². The molecule has 0 radical (unpaired) electrons. The minimum atomic E-state index is -0.746. The number of carbonyl (C=O) groups is 1. The molecular weight excluding hydrogens is 330 g/mol. The SMILES string of the molecule is COC(=O)/C(=C/c1cc(OC)cc(Br)c1OC)N=[N+]=[N-]. The van der Waals surface area contributed by atoms with Crippen LogP contribution >= 0.6 is 15.9 Å². The monoisotopic (exact) mass is 341 g/mol. The van der Waals surface area contributed by atoms with Gasteiger partial charge in [-0.2, -0.15) is 0 Å². The number of hydrogen-bond donors (Lipinski definition) is 0. The van der Waals surface area contributed by atoms with E-state index in [9.17, 15) is 4.79 Å². The van der Waals surface area contributed by atoms with E-state index in [4.69, 9.17) is 15.0 Å². The number of esters is 1. The van der Waals surface area contributed by atoms with Crippen LogP contribution in [0.1, 0.15) is 5.56 Å². The summed E-state index contributed by atoms with van der Waals surface area (Å²) in [5.41, 5.74) is 8.80. The van der Waals surface area contributed by atoms with Gasteiger partial charge < -0.3 is 14.2 Å². The summed E-state index contributed by atoms with van der Waals surface area (Å²) in [4.78, 5) is 14.1. The lowest BCUT2D eigenvalue weighted by Gasteiger charge is -2.10. The van der Waals surface area contributed by atoms with Gasteiger partial charge in [0.2, 0.25) is 0 Å². The number of benzene rings is 1. The number of hydrogen-bond acceptors (Lipinski definition) is 5. The van der Waals surface area contributed by atoms with E-state index in [1.807, 2.05) is 0 Å². The summed E-state index contributed by atoms with van der Waals surface area (Å²) < 4.78 is 15.5. The lowest BCUT2D eigenvalue weighted by atomic mass is 10.1. The first-order chi connectivity index (χ1) is 9.57. The molecule has 1 aromatic carbocycles. The van der Waals surface area contributed by atoms with Crippen LogP contribution in [0.2, 0.25) is 0 Å². The highest BCUT2D eigenvalue weighted by Crippen LogP contribution is 2.35. The number of carbonyl (C=O) groups excluding carboxylic acids is 1. The van der Waals surface area contributed by atoms with Gasteiger partial charge in [-0.25, -0.2) is 4.79 Å². The minimum Gasteiger partial charge on any atom is -0.497 e. The van der Waals surface area contributed by atoms with E-state index in [0.717, 1.165) is 0 Å². The van der Waals surface area contributed by atoms with Gasteiger partial charge in [-0.15, -0.1) is 0 Å². The maximum atomic E-state index is 11.5. The van der Waals surface area contributed by atoms with Crippen molar-refractivity contribution in [3.63, 3.8) is 0 Å². The zero-order chi connectivity index (χ0) is 15.1. The van der Waals surface area contributed by atoms with Crippen LogP contribution in [0.5, 0.6) is 11.5 Å². The molecule has 0 aliphatic rings. The molecule has 0 N–H and O–H groups in total. The van der Waals surface area contributed by atoms with Crippen molar-refractivity contribution in [2.45, 2.75) is 0 Å². The van der Waals surface area contributed by atoms with Crippen LogP contribution < -0.4 is 9.47 Å². The Balaban J connectivity index is 3.46. The van der Waals surface area contributed by atoms with Gasteiger partial charge in [-0.3, -0.25) is 0 Å². The second kappa shape index (κ2) is 7.42. The van der Waals surface area contributed by atoms with Crippen LogP contribution in [0.3, 0.4) is 0 Å². The molecule has 8 heteroatoms. The normalized spacial score (nSPS) is 10.5. The van der Waals surface area contributed by atoms with Crippen molar-refractivity contribution in [2.24, 2.45) is 5.11 Å². The highest BCUT2D eigenvalue weighted by Gasteiger charge is 2.13. The Labute approximate surface area is 123 Å². The minimum absolute atomic E-state index is 0.187. The Morgan fingerprint density at radius 1 is 1.35 bits per heavy atom. The molecule has 1 aromatic rings. The second-order valence-corrected chi connectivity index (χ2v) is 4.30. The molecule has 0 amide bonds. The van der Waals surface area contributed by atoms with Gasteiger partial charge in [0.15, 0.2) is 0 Å². The first kappa shape index (κ1) is 15.9. The van der Waals surface area contributed by atoms with E-state index in [0.29, 0.717) is 21.5 Å². The molecule has 0 bridgehead atoms. The molecule has 1 rings (SSSR count). The Morgan fingerprint density at radius 3 is 2.55 bits per heavy atom. The number of ether oxygens (including phenoxy) is 3. The predicted octanol–water partition coefficient (Wildman–Crippen LogP) is 3.29. The van der Waals surface area contributed by atoms with Gasteiger partial charge in [0.05, 0.1) is 25.8 Å². The number of halogens is 1. The molecule has 20 heavy (non-hydrogen) atoms. The van der Waals surface area contributed by atoms with Gasteiger partial charge in [-0.1, -0.05) is 5.11 Å². The van der Waals surface area contributed by atoms with Gasteiger partial charge in [0, 0.05) is 10.5 Å². The van der Waals surface area contributed by atoms with Crippen molar-refractivity contribution < 1.29 is 19.0 Å². The summed E-state index contributed by atoms with van der Waals surface area (Å²) in [6, 6.07) is 3.35. The number of methoxy groups -OCH3 is 3. The fourth-order valence-corrected chi connectivity index (χ4v) is 2.07. The molecule has 106 valence electrons. The van der Waals surface area contributed by atoms with Crippen LogP contribution in [0.4, 0.5) is 0 Å². The molecule has 0 aromatic heterocycles. The molecule has 0 saturated heterocycles. The Hall–Kier alpha value is -2.18. The molecule has 0 fully saturated rings. The van der Waals surface area contributed by atoms with E-state index >= 15 is 0 Å². The summed E-state index contributed by atoms with van der Waals surface area (Å²) in [5, 5.41) is 3.31. The zero-order valence-electron chi connectivity index (χ0n) is 11.1. The zero-order valence-corrected chi connectivity index (χ0v) is 12.7.